The number of hydrogen-bond acceptors (Lipinski definition) is 7. The molecular weight excluding hydrogens is 439 g/mol. The highest BCUT2D eigenvalue weighted by atomic mass is 32.3. The van der Waals surface area contributed by atoms with Crippen LogP contribution in [0.3, 0.4) is 0 Å². The quantitative estimate of drug-likeness (QED) is 0.575. The molecule has 2 aliphatic heterocycles. The van der Waals surface area contributed by atoms with Gasteiger partial charge in [-0.1, -0.05) is 0 Å². The minimum absolute atomic E-state index is 0.00745. The van der Waals surface area contributed by atoms with Crippen molar-refractivity contribution in [3.8, 4) is 5.75 Å². The van der Waals surface area contributed by atoms with Crippen molar-refractivity contribution in [3.05, 3.63) is 23.8 Å². The van der Waals surface area contributed by atoms with Gasteiger partial charge < -0.3 is 14.4 Å². The summed E-state index contributed by atoms with van der Waals surface area (Å²) in [4.78, 5) is 14.5. The normalized spacial score (nSPS) is 19.6. The highest BCUT2D eigenvalue weighted by Gasteiger charge is 2.31. The lowest BCUT2D eigenvalue weighted by atomic mass is 9.98. The predicted molar refractivity (Wildman–Crippen MR) is 106 cm³/mol. The molecule has 1 amide bonds. The molecule has 1 aromatic rings. The van der Waals surface area contributed by atoms with E-state index in [0.29, 0.717) is 26.1 Å². The van der Waals surface area contributed by atoms with Gasteiger partial charge in [-0.25, -0.2) is 8.42 Å². The number of likely N-dealkylation sites (tertiary alicyclic amines) is 1. The summed E-state index contributed by atoms with van der Waals surface area (Å²) in [6.07, 6.45) is 0.700. The van der Waals surface area contributed by atoms with Crippen molar-refractivity contribution in [2.24, 2.45) is 5.92 Å². The van der Waals surface area contributed by atoms with Crippen molar-refractivity contribution in [2.45, 2.75) is 17.7 Å². The van der Waals surface area contributed by atoms with E-state index in [1.807, 2.05) is 0 Å². The van der Waals surface area contributed by atoms with Crippen LogP contribution in [0.25, 0.3) is 0 Å². The molecule has 0 unspecified atom stereocenters. The molecule has 30 heavy (non-hydrogen) atoms. The van der Waals surface area contributed by atoms with E-state index in [-0.39, 0.29) is 48.3 Å². The van der Waals surface area contributed by atoms with E-state index >= 15 is 0 Å². The van der Waals surface area contributed by atoms with E-state index in [1.54, 1.807) is 0 Å². The molecule has 0 radical (unpaired) electrons. The number of halogens is 1. The van der Waals surface area contributed by atoms with Crippen LogP contribution in [0.1, 0.15) is 23.2 Å². The molecule has 3 rings (SSSR count). The van der Waals surface area contributed by atoms with Crippen LogP contribution in [0.4, 0.5) is 3.89 Å². The third-order valence-electron chi connectivity index (χ3n) is 5.35. The number of hydrogen-bond donors (Lipinski definition) is 0. The minimum atomic E-state index is -4.56. The number of ether oxygens (including phenoxy) is 2. The molecule has 0 atom stereocenters. The zero-order valence-electron chi connectivity index (χ0n) is 16.6. The Morgan fingerprint density at radius 3 is 2.33 bits per heavy atom. The van der Waals surface area contributed by atoms with Crippen molar-refractivity contribution in [3.63, 3.8) is 0 Å². The van der Waals surface area contributed by atoms with Crippen molar-refractivity contribution in [1.29, 1.82) is 0 Å². The van der Waals surface area contributed by atoms with Gasteiger partial charge in [-0.05, 0) is 37.0 Å². The second-order valence-corrected chi connectivity index (χ2v) is 10.7. The molecule has 0 N–H and O–H groups in total. The fraction of sp³-hybridized carbons (Fsp3) is 0.611. The number of rotatable bonds is 6. The molecule has 2 aliphatic rings. The summed E-state index contributed by atoms with van der Waals surface area (Å²) in [7, 11) is -6.96. The van der Waals surface area contributed by atoms with Gasteiger partial charge in [0.1, 0.15) is 5.75 Å². The maximum atomic E-state index is 13.1. The maximum absolute atomic E-state index is 13.1. The van der Waals surface area contributed by atoms with Gasteiger partial charge in [0.15, 0.2) is 0 Å². The summed E-state index contributed by atoms with van der Waals surface area (Å²) in [5.74, 6) is -1.06. The Labute approximate surface area is 176 Å². The SMILES string of the molecule is COc1ccc(S(=O)(=O)N2CCOCC2)cc1C(=O)N1CCC(CS(=O)(=O)F)CC1. The van der Waals surface area contributed by atoms with Gasteiger partial charge in [-0.2, -0.15) is 12.7 Å². The smallest absolute Gasteiger partial charge is 0.302 e. The Kier molecular flexibility index (Phi) is 7.00. The molecule has 9 nitrogen and oxygen atoms in total. The first-order valence-corrected chi connectivity index (χ1v) is 12.6. The first-order chi connectivity index (χ1) is 14.1. The predicted octanol–water partition coefficient (Wildman–Crippen LogP) is 0.868. The van der Waals surface area contributed by atoms with Crippen molar-refractivity contribution >= 4 is 26.2 Å². The first kappa shape index (κ1) is 22.9. The summed E-state index contributed by atoms with van der Waals surface area (Å²) in [6.45, 7) is 1.60. The lowest BCUT2D eigenvalue weighted by Gasteiger charge is -2.32. The summed E-state index contributed by atoms with van der Waals surface area (Å²) < 4.78 is 72.2. The number of piperidine rings is 1. The van der Waals surface area contributed by atoms with E-state index in [2.05, 4.69) is 0 Å². The number of carbonyl (C=O) groups is 1. The Morgan fingerprint density at radius 1 is 1.13 bits per heavy atom. The van der Waals surface area contributed by atoms with E-state index in [1.165, 1.54) is 34.5 Å². The number of amides is 1. The number of carbonyl (C=O) groups excluding carboxylic acids is 1. The average Bonchev–Trinajstić information content (AvgIpc) is 2.72. The summed E-state index contributed by atoms with van der Waals surface area (Å²) in [5.41, 5.74) is 0.114. The topological polar surface area (TPSA) is 110 Å². The number of benzene rings is 1. The van der Waals surface area contributed by atoms with E-state index in [4.69, 9.17) is 9.47 Å². The van der Waals surface area contributed by atoms with E-state index in [0.717, 1.165) is 0 Å². The molecule has 0 bridgehead atoms. The highest BCUT2D eigenvalue weighted by Crippen LogP contribution is 2.28. The third kappa shape index (κ3) is 5.29. The molecule has 12 heteroatoms. The Balaban J connectivity index is 1.79. The van der Waals surface area contributed by atoms with Crippen molar-refractivity contribution in [1.82, 2.24) is 9.21 Å². The van der Waals surface area contributed by atoms with Gasteiger partial charge in [0, 0.05) is 26.2 Å². The lowest BCUT2D eigenvalue weighted by molar-refractivity contribution is 0.0694. The zero-order valence-corrected chi connectivity index (χ0v) is 18.3. The number of morpholine rings is 1. The lowest BCUT2D eigenvalue weighted by Crippen LogP contribution is -2.41. The second-order valence-electron chi connectivity index (χ2n) is 7.32. The largest absolute Gasteiger partial charge is 0.496 e. The Bertz CT molecular complexity index is 984. The fourth-order valence-electron chi connectivity index (χ4n) is 3.71. The highest BCUT2D eigenvalue weighted by molar-refractivity contribution is 7.89. The van der Waals surface area contributed by atoms with Crippen molar-refractivity contribution < 1.29 is 35.0 Å². The van der Waals surface area contributed by atoms with Gasteiger partial charge in [0.25, 0.3) is 5.91 Å². The molecule has 0 saturated carbocycles. The Hall–Kier alpha value is -1.76. The van der Waals surface area contributed by atoms with Crippen LogP contribution in [0.5, 0.6) is 5.75 Å². The van der Waals surface area contributed by atoms with Crippen LogP contribution in [-0.2, 0) is 25.0 Å². The minimum Gasteiger partial charge on any atom is -0.496 e. The zero-order chi connectivity index (χ0) is 21.9. The van der Waals surface area contributed by atoms with E-state index < -0.39 is 31.9 Å². The Morgan fingerprint density at radius 2 is 1.77 bits per heavy atom. The van der Waals surface area contributed by atoms with Crippen LogP contribution in [0.15, 0.2) is 23.1 Å². The number of methoxy groups -OCH3 is 1. The average molecular weight is 465 g/mol. The summed E-state index contributed by atoms with van der Waals surface area (Å²) in [5, 5.41) is 0. The van der Waals surface area contributed by atoms with Crippen molar-refractivity contribution in [2.75, 3.05) is 52.3 Å². The first-order valence-electron chi connectivity index (χ1n) is 9.59. The summed E-state index contributed by atoms with van der Waals surface area (Å²) >= 11 is 0. The molecule has 2 heterocycles. The van der Waals surface area contributed by atoms with Gasteiger partial charge in [0.05, 0.1) is 36.5 Å². The van der Waals surface area contributed by atoms with Crippen LogP contribution in [-0.4, -0.2) is 84.2 Å². The van der Waals surface area contributed by atoms with Crippen LogP contribution < -0.4 is 4.74 Å². The van der Waals surface area contributed by atoms with Gasteiger partial charge in [-0.3, -0.25) is 4.79 Å². The molecule has 2 saturated heterocycles. The van der Waals surface area contributed by atoms with Gasteiger partial charge >= 0.3 is 10.2 Å². The van der Waals surface area contributed by atoms with Crippen LogP contribution >= 0.6 is 0 Å². The van der Waals surface area contributed by atoms with E-state index in [9.17, 15) is 25.5 Å². The number of nitrogens with zero attached hydrogens (tertiary/aromatic N) is 2. The monoisotopic (exact) mass is 464 g/mol. The van der Waals surface area contributed by atoms with Crippen LogP contribution in [0.2, 0.25) is 0 Å². The van der Waals surface area contributed by atoms with Crippen LogP contribution in [0, 0.1) is 5.92 Å². The second kappa shape index (κ2) is 9.16. The molecule has 168 valence electrons. The fourth-order valence-corrected chi connectivity index (χ4v) is 6.04. The molecule has 2 fully saturated rings. The molecule has 0 aromatic heterocycles. The molecule has 1 aromatic carbocycles. The van der Waals surface area contributed by atoms with Gasteiger partial charge in [0.2, 0.25) is 10.0 Å². The third-order valence-corrected chi connectivity index (χ3v) is 8.11. The number of sulfonamides is 1. The van der Waals surface area contributed by atoms with Gasteiger partial charge in [-0.15, -0.1) is 3.89 Å². The molecular formula is C18H25FN2O7S2. The summed E-state index contributed by atoms with van der Waals surface area (Å²) in [6, 6.07) is 4.16. The maximum Gasteiger partial charge on any atom is 0.302 e. The molecule has 0 spiro atoms. The standard InChI is InChI=1S/C18H25FN2O7S2/c1-27-17-3-2-15(30(25,26)21-8-10-28-11-9-21)12-16(17)18(22)20-6-4-14(5-7-20)13-29(19,23)24/h2-3,12,14H,4-11,13H2,1H3. The molecule has 0 aliphatic carbocycles.